The third-order valence-corrected chi connectivity index (χ3v) is 3.52. The van der Waals surface area contributed by atoms with Crippen LogP contribution < -0.4 is 5.32 Å². The maximum Gasteiger partial charge on any atom is 0.329 e. The van der Waals surface area contributed by atoms with Crippen LogP contribution in [0.2, 0.25) is 0 Å². The van der Waals surface area contributed by atoms with Gasteiger partial charge >= 0.3 is 12.0 Å². The summed E-state index contributed by atoms with van der Waals surface area (Å²) in [5, 5.41) is 12.0. The Morgan fingerprint density at radius 2 is 2.00 bits per heavy atom. The Balaban J connectivity index is 4.91. The van der Waals surface area contributed by atoms with Crippen LogP contribution in [0, 0.1) is 0 Å². The van der Waals surface area contributed by atoms with Crippen molar-refractivity contribution in [2.75, 3.05) is 20.3 Å². The number of ether oxygens (including phenoxy) is 1. The lowest BCUT2D eigenvalue weighted by Gasteiger charge is -2.33. The van der Waals surface area contributed by atoms with Crippen LogP contribution in [0.15, 0.2) is 0 Å². The Morgan fingerprint density at radius 1 is 1.40 bits per heavy atom. The van der Waals surface area contributed by atoms with Crippen molar-refractivity contribution in [1.82, 2.24) is 10.2 Å². The predicted molar refractivity (Wildman–Crippen MR) is 77.8 cm³/mol. The van der Waals surface area contributed by atoms with Gasteiger partial charge in [0, 0.05) is 19.7 Å². The number of hydrogen-bond acceptors (Lipinski definition) is 3. The molecular formula is C14H28N2O4. The fourth-order valence-corrected chi connectivity index (χ4v) is 1.96. The lowest BCUT2D eigenvalue weighted by molar-refractivity contribution is -0.144. The smallest absolute Gasteiger partial charge is 0.329 e. The van der Waals surface area contributed by atoms with Gasteiger partial charge in [-0.1, -0.05) is 20.3 Å². The van der Waals surface area contributed by atoms with Crippen LogP contribution in [-0.4, -0.2) is 53.8 Å². The fraction of sp³-hybridized carbons (Fsp3) is 0.857. The molecule has 0 aromatic carbocycles. The molecule has 0 bridgehead atoms. The summed E-state index contributed by atoms with van der Waals surface area (Å²) < 4.78 is 5.00. The molecule has 2 atom stereocenters. The van der Waals surface area contributed by atoms with Crippen LogP contribution in [0.1, 0.15) is 47.0 Å². The van der Waals surface area contributed by atoms with Crippen LogP contribution in [0.4, 0.5) is 4.79 Å². The summed E-state index contributed by atoms with van der Waals surface area (Å²) in [6.45, 7) is 8.23. The van der Waals surface area contributed by atoms with Crippen molar-refractivity contribution in [3.05, 3.63) is 0 Å². The molecule has 118 valence electrons. The van der Waals surface area contributed by atoms with E-state index < -0.39 is 11.5 Å². The predicted octanol–water partition coefficient (Wildman–Crippen LogP) is 2.09. The first-order chi connectivity index (χ1) is 9.32. The number of urea groups is 1. The summed E-state index contributed by atoms with van der Waals surface area (Å²) in [6, 6.07) is -0.320. The fourth-order valence-electron chi connectivity index (χ4n) is 1.96. The quantitative estimate of drug-likeness (QED) is 0.681. The van der Waals surface area contributed by atoms with E-state index in [-0.39, 0.29) is 12.1 Å². The molecule has 0 aliphatic carbocycles. The van der Waals surface area contributed by atoms with Gasteiger partial charge < -0.3 is 20.1 Å². The van der Waals surface area contributed by atoms with Crippen LogP contribution in [0.5, 0.6) is 0 Å². The molecule has 0 aliphatic rings. The van der Waals surface area contributed by atoms with Crippen molar-refractivity contribution in [2.24, 2.45) is 0 Å². The van der Waals surface area contributed by atoms with Crippen LogP contribution in [-0.2, 0) is 9.53 Å². The number of hydrogen-bond donors (Lipinski definition) is 2. The van der Waals surface area contributed by atoms with Crippen LogP contribution >= 0.6 is 0 Å². The van der Waals surface area contributed by atoms with E-state index in [0.717, 1.165) is 6.42 Å². The lowest BCUT2D eigenvalue weighted by atomic mass is 9.96. The average molecular weight is 288 g/mol. The van der Waals surface area contributed by atoms with Crippen molar-refractivity contribution in [3.63, 3.8) is 0 Å². The number of rotatable bonds is 9. The van der Waals surface area contributed by atoms with E-state index in [1.807, 2.05) is 20.8 Å². The number of nitrogens with one attached hydrogen (secondary N) is 1. The van der Waals surface area contributed by atoms with Gasteiger partial charge in [-0.15, -0.1) is 0 Å². The summed E-state index contributed by atoms with van der Waals surface area (Å²) in [5.74, 6) is -1.01. The molecule has 20 heavy (non-hydrogen) atoms. The third-order valence-electron chi connectivity index (χ3n) is 3.52. The van der Waals surface area contributed by atoms with E-state index in [1.165, 1.54) is 0 Å². The minimum Gasteiger partial charge on any atom is -0.480 e. The SMILES string of the molecule is CCCC(C)(NC(=O)N(CCOC)C(C)CC)C(=O)O. The van der Waals surface area contributed by atoms with Gasteiger partial charge in [0.25, 0.3) is 0 Å². The first-order valence-electron chi connectivity index (χ1n) is 7.13. The van der Waals surface area contributed by atoms with Crippen LogP contribution in [0.3, 0.4) is 0 Å². The first-order valence-corrected chi connectivity index (χ1v) is 7.13. The molecule has 6 nitrogen and oxygen atoms in total. The molecule has 6 heteroatoms. The van der Waals surface area contributed by atoms with E-state index in [0.29, 0.717) is 26.0 Å². The molecule has 0 rings (SSSR count). The van der Waals surface area contributed by atoms with Gasteiger partial charge in [-0.2, -0.15) is 0 Å². The highest BCUT2D eigenvalue weighted by Crippen LogP contribution is 2.14. The summed E-state index contributed by atoms with van der Waals surface area (Å²) in [5.41, 5.74) is -1.23. The Hall–Kier alpha value is -1.30. The molecule has 0 heterocycles. The minimum absolute atomic E-state index is 0.0322. The second-order valence-corrected chi connectivity index (χ2v) is 5.26. The largest absolute Gasteiger partial charge is 0.480 e. The Morgan fingerprint density at radius 3 is 2.40 bits per heavy atom. The van der Waals surface area contributed by atoms with E-state index in [4.69, 9.17) is 4.74 Å². The highest BCUT2D eigenvalue weighted by molar-refractivity contribution is 5.86. The van der Waals surface area contributed by atoms with Gasteiger partial charge in [0.1, 0.15) is 5.54 Å². The van der Waals surface area contributed by atoms with Gasteiger partial charge in [-0.05, 0) is 26.7 Å². The molecule has 0 aromatic heterocycles. The maximum atomic E-state index is 12.3. The number of carbonyl (C=O) groups is 2. The highest BCUT2D eigenvalue weighted by Gasteiger charge is 2.35. The van der Waals surface area contributed by atoms with Crippen molar-refractivity contribution in [3.8, 4) is 0 Å². The summed E-state index contributed by atoms with van der Waals surface area (Å²) in [6.07, 6.45) is 1.88. The maximum absolute atomic E-state index is 12.3. The van der Waals surface area contributed by atoms with Gasteiger partial charge in [0.2, 0.25) is 0 Å². The molecule has 2 unspecified atom stereocenters. The summed E-state index contributed by atoms with van der Waals surface area (Å²) in [4.78, 5) is 25.3. The van der Waals surface area contributed by atoms with Gasteiger partial charge in [0.05, 0.1) is 6.61 Å². The average Bonchev–Trinajstić information content (AvgIpc) is 2.38. The second-order valence-electron chi connectivity index (χ2n) is 5.26. The zero-order valence-electron chi connectivity index (χ0n) is 13.2. The highest BCUT2D eigenvalue weighted by atomic mass is 16.5. The van der Waals surface area contributed by atoms with Gasteiger partial charge in [0.15, 0.2) is 0 Å². The van der Waals surface area contributed by atoms with Crippen molar-refractivity contribution in [1.29, 1.82) is 0 Å². The Bertz CT molecular complexity index is 322. The first kappa shape index (κ1) is 18.7. The number of carbonyl (C=O) groups excluding carboxylic acids is 1. The van der Waals surface area contributed by atoms with E-state index in [9.17, 15) is 14.7 Å². The van der Waals surface area contributed by atoms with Crippen molar-refractivity contribution < 1.29 is 19.4 Å². The number of nitrogens with zero attached hydrogens (tertiary/aromatic N) is 1. The van der Waals surface area contributed by atoms with Crippen LogP contribution in [0.25, 0.3) is 0 Å². The number of carboxylic acids is 1. The topological polar surface area (TPSA) is 78.9 Å². The van der Waals surface area contributed by atoms with E-state index in [1.54, 1.807) is 18.9 Å². The third kappa shape index (κ3) is 5.36. The van der Waals surface area contributed by atoms with Crippen molar-refractivity contribution >= 4 is 12.0 Å². The van der Waals surface area contributed by atoms with E-state index >= 15 is 0 Å². The van der Waals surface area contributed by atoms with E-state index in [2.05, 4.69) is 5.32 Å². The normalized spacial score (nSPS) is 15.2. The van der Waals surface area contributed by atoms with Gasteiger partial charge in [-0.3, -0.25) is 0 Å². The number of aliphatic carboxylic acids is 1. The molecule has 0 saturated carbocycles. The molecule has 0 spiro atoms. The second kappa shape index (κ2) is 8.79. The minimum atomic E-state index is -1.23. The molecule has 0 saturated heterocycles. The molecule has 2 N–H and O–H groups in total. The van der Waals surface area contributed by atoms with Gasteiger partial charge in [-0.25, -0.2) is 9.59 Å². The zero-order chi connectivity index (χ0) is 15.8. The summed E-state index contributed by atoms with van der Waals surface area (Å²) >= 11 is 0. The number of carboxylic acid groups (broad SMARTS) is 1. The molecule has 2 amide bonds. The molecular weight excluding hydrogens is 260 g/mol. The molecule has 0 fully saturated rings. The Labute approximate surface area is 121 Å². The lowest BCUT2D eigenvalue weighted by Crippen LogP contribution is -2.57. The number of amides is 2. The zero-order valence-corrected chi connectivity index (χ0v) is 13.2. The molecule has 0 radical (unpaired) electrons. The number of methoxy groups -OCH3 is 1. The van der Waals surface area contributed by atoms with Crippen molar-refractivity contribution in [2.45, 2.75) is 58.5 Å². The monoisotopic (exact) mass is 288 g/mol. The standard InChI is InChI=1S/C14H28N2O4/c1-6-8-14(4,12(17)18)15-13(19)16(9-10-20-5)11(3)7-2/h11H,6-10H2,1-5H3,(H,15,19)(H,17,18). The Kier molecular flexibility index (Phi) is 8.22. The molecule has 0 aromatic rings. The molecule has 0 aliphatic heterocycles. The summed E-state index contributed by atoms with van der Waals surface area (Å²) in [7, 11) is 1.57.